The maximum Gasteiger partial charge on any atom is 0.336 e. The molecular weight excluding hydrogens is 298 g/mol. The molecular formula is C17H15NO5. The Labute approximate surface area is 133 Å². The van der Waals surface area contributed by atoms with E-state index in [0.29, 0.717) is 23.7 Å². The van der Waals surface area contributed by atoms with Crippen molar-refractivity contribution in [1.82, 2.24) is 0 Å². The molecule has 2 aromatic carbocycles. The van der Waals surface area contributed by atoms with Crippen LogP contribution >= 0.6 is 0 Å². The number of nitro groups is 1. The van der Waals surface area contributed by atoms with Crippen LogP contribution in [-0.2, 0) is 4.79 Å². The standard InChI is InChI=1S/C17H15NO5/c1-2-22-15-8-3-4-9-16(15)23-17(19)11-10-13-6-5-7-14(12-13)18(20)21/h3-12H,2H2,1H3. The maximum absolute atomic E-state index is 11.9. The maximum atomic E-state index is 11.9. The molecule has 0 heterocycles. The summed E-state index contributed by atoms with van der Waals surface area (Å²) < 4.78 is 10.6. The quantitative estimate of drug-likeness (QED) is 0.267. The Balaban J connectivity index is 2.08. The van der Waals surface area contributed by atoms with Gasteiger partial charge in [0.2, 0.25) is 0 Å². The molecule has 0 spiro atoms. The monoisotopic (exact) mass is 313 g/mol. The predicted molar refractivity (Wildman–Crippen MR) is 85.4 cm³/mol. The predicted octanol–water partition coefficient (Wildman–Crippen LogP) is 3.61. The Kier molecular flexibility index (Phi) is 5.46. The van der Waals surface area contributed by atoms with E-state index in [1.807, 2.05) is 6.92 Å². The van der Waals surface area contributed by atoms with Crippen LogP contribution in [0.5, 0.6) is 11.5 Å². The molecule has 6 nitrogen and oxygen atoms in total. The molecule has 0 aromatic heterocycles. The van der Waals surface area contributed by atoms with E-state index in [-0.39, 0.29) is 5.69 Å². The van der Waals surface area contributed by atoms with Gasteiger partial charge >= 0.3 is 5.97 Å². The lowest BCUT2D eigenvalue weighted by molar-refractivity contribution is -0.384. The summed E-state index contributed by atoms with van der Waals surface area (Å²) in [6.45, 7) is 2.29. The summed E-state index contributed by atoms with van der Waals surface area (Å²) in [5.74, 6) is 0.207. The molecule has 0 amide bonds. The third-order valence-electron chi connectivity index (χ3n) is 2.85. The fourth-order valence-electron chi connectivity index (χ4n) is 1.86. The van der Waals surface area contributed by atoms with E-state index in [2.05, 4.69) is 0 Å². The number of carbonyl (C=O) groups is 1. The molecule has 0 N–H and O–H groups in total. The van der Waals surface area contributed by atoms with Crippen molar-refractivity contribution in [2.24, 2.45) is 0 Å². The van der Waals surface area contributed by atoms with Crippen LogP contribution in [0.25, 0.3) is 6.08 Å². The number of non-ortho nitro benzene ring substituents is 1. The average Bonchev–Trinajstić information content (AvgIpc) is 2.55. The van der Waals surface area contributed by atoms with E-state index in [4.69, 9.17) is 9.47 Å². The molecule has 2 aromatic rings. The molecule has 0 saturated carbocycles. The number of hydrogen-bond donors (Lipinski definition) is 0. The topological polar surface area (TPSA) is 78.7 Å². The molecule has 0 aliphatic heterocycles. The van der Waals surface area contributed by atoms with Gasteiger partial charge in [-0.3, -0.25) is 10.1 Å². The molecule has 6 heteroatoms. The first-order valence-corrected chi connectivity index (χ1v) is 6.96. The summed E-state index contributed by atoms with van der Waals surface area (Å²) in [4.78, 5) is 22.1. The zero-order valence-corrected chi connectivity index (χ0v) is 12.5. The second kappa shape index (κ2) is 7.74. The SMILES string of the molecule is CCOc1ccccc1OC(=O)C=Cc1cccc([N+](=O)[O-])c1. The van der Waals surface area contributed by atoms with Crippen molar-refractivity contribution in [2.75, 3.05) is 6.61 Å². The molecule has 0 saturated heterocycles. The smallest absolute Gasteiger partial charge is 0.336 e. The molecule has 0 unspecified atom stereocenters. The van der Waals surface area contributed by atoms with Crippen LogP contribution in [0.1, 0.15) is 12.5 Å². The highest BCUT2D eigenvalue weighted by Gasteiger charge is 2.08. The van der Waals surface area contributed by atoms with Gasteiger partial charge in [0, 0.05) is 18.2 Å². The molecule has 0 radical (unpaired) electrons. The largest absolute Gasteiger partial charge is 0.490 e. The number of hydrogen-bond acceptors (Lipinski definition) is 5. The molecule has 118 valence electrons. The molecule has 0 bridgehead atoms. The highest BCUT2D eigenvalue weighted by molar-refractivity contribution is 5.89. The first kappa shape index (κ1) is 16.2. The Morgan fingerprint density at radius 1 is 1.17 bits per heavy atom. The number of nitro benzene ring substituents is 1. The van der Waals surface area contributed by atoms with Crippen molar-refractivity contribution < 1.29 is 19.2 Å². The number of rotatable bonds is 6. The third kappa shape index (κ3) is 4.67. The van der Waals surface area contributed by atoms with Crippen molar-refractivity contribution >= 4 is 17.7 Å². The third-order valence-corrected chi connectivity index (χ3v) is 2.85. The summed E-state index contributed by atoms with van der Waals surface area (Å²) in [7, 11) is 0. The van der Waals surface area contributed by atoms with Crippen LogP contribution in [0, 0.1) is 10.1 Å². The lowest BCUT2D eigenvalue weighted by Gasteiger charge is -2.08. The Morgan fingerprint density at radius 2 is 1.91 bits per heavy atom. The van der Waals surface area contributed by atoms with Gasteiger partial charge in [0.1, 0.15) is 0 Å². The molecule has 0 aliphatic rings. The Bertz CT molecular complexity index is 739. The second-order valence-corrected chi connectivity index (χ2v) is 4.49. The molecule has 0 fully saturated rings. The van der Waals surface area contributed by atoms with Crippen molar-refractivity contribution in [3.63, 3.8) is 0 Å². The summed E-state index contributed by atoms with van der Waals surface area (Å²) >= 11 is 0. The van der Waals surface area contributed by atoms with E-state index in [0.717, 1.165) is 0 Å². The summed E-state index contributed by atoms with van der Waals surface area (Å²) in [5.41, 5.74) is 0.497. The summed E-state index contributed by atoms with van der Waals surface area (Å²) in [5, 5.41) is 10.7. The van der Waals surface area contributed by atoms with Crippen LogP contribution < -0.4 is 9.47 Å². The fourth-order valence-corrected chi connectivity index (χ4v) is 1.86. The molecule has 23 heavy (non-hydrogen) atoms. The molecule has 2 rings (SSSR count). The van der Waals surface area contributed by atoms with Gasteiger partial charge in [-0.1, -0.05) is 24.3 Å². The van der Waals surface area contributed by atoms with E-state index in [1.54, 1.807) is 36.4 Å². The normalized spacial score (nSPS) is 10.5. The van der Waals surface area contributed by atoms with Crippen LogP contribution in [0.15, 0.2) is 54.6 Å². The number of para-hydroxylation sites is 2. The molecule has 0 aliphatic carbocycles. The van der Waals surface area contributed by atoms with Crippen molar-refractivity contribution in [1.29, 1.82) is 0 Å². The van der Waals surface area contributed by atoms with Crippen molar-refractivity contribution in [2.45, 2.75) is 6.92 Å². The highest BCUT2D eigenvalue weighted by Crippen LogP contribution is 2.26. The number of esters is 1. The van der Waals surface area contributed by atoms with Crippen LogP contribution in [0.3, 0.4) is 0 Å². The summed E-state index contributed by atoms with van der Waals surface area (Å²) in [6, 6.07) is 12.8. The number of nitrogens with zero attached hydrogens (tertiary/aromatic N) is 1. The lowest BCUT2D eigenvalue weighted by Crippen LogP contribution is -2.05. The fraction of sp³-hybridized carbons (Fsp3) is 0.118. The van der Waals surface area contributed by atoms with E-state index >= 15 is 0 Å². The molecule has 0 atom stereocenters. The van der Waals surface area contributed by atoms with E-state index < -0.39 is 10.9 Å². The van der Waals surface area contributed by atoms with Gasteiger partial charge in [-0.25, -0.2) is 4.79 Å². The Hall–Kier alpha value is -3.15. The lowest BCUT2D eigenvalue weighted by atomic mass is 10.2. The first-order chi connectivity index (χ1) is 11.1. The first-order valence-electron chi connectivity index (χ1n) is 6.96. The minimum Gasteiger partial charge on any atom is -0.490 e. The van der Waals surface area contributed by atoms with Gasteiger partial charge in [-0.2, -0.15) is 0 Å². The summed E-state index contributed by atoms with van der Waals surface area (Å²) in [6.07, 6.45) is 2.67. The van der Waals surface area contributed by atoms with Crippen LogP contribution in [0.2, 0.25) is 0 Å². The van der Waals surface area contributed by atoms with Gasteiger partial charge < -0.3 is 9.47 Å². The number of carbonyl (C=O) groups excluding carboxylic acids is 1. The number of ether oxygens (including phenoxy) is 2. The van der Waals surface area contributed by atoms with Gasteiger partial charge in [0.05, 0.1) is 11.5 Å². The highest BCUT2D eigenvalue weighted by atomic mass is 16.6. The van der Waals surface area contributed by atoms with Gasteiger partial charge in [-0.15, -0.1) is 0 Å². The van der Waals surface area contributed by atoms with E-state index in [1.165, 1.54) is 24.3 Å². The number of benzene rings is 2. The zero-order valence-electron chi connectivity index (χ0n) is 12.5. The van der Waals surface area contributed by atoms with Gasteiger partial charge in [0.15, 0.2) is 11.5 Å². The van der Waals surface area contributed by atoms with E-state index in [9.17, 15) is 14.9 Å². The second-order valence-electron chi connectivity index (χ2n) is 4.49. The van der Waals surface area contributed by atoms with Crippen LogP contribution in [0.4, 0.5) is 5.69 Å². The minimum absolute atomic E-state index is 0.0396. The zero-order chi connectivity index (χ0) is 16.7. The van der Waals surface area contributed by atoms with Gasteiger partial charge in [-0.05, 0) is 30.7 Å². The van der Waals surface area contributed by atoms with Crippen molar-refractivity contribution in [3.8, 4) is 11.5 Å². The Morgan fingerprint density at radius 3 is 2.61 bits per heavy atom. The minimum atomic E-state index is -0.594. The van der Waals surface area contributed by atoms with Crippen molar-refractivity contribution in [3.05, 3.63) is 70.3 Å². The van der Waals surface area contributed by atoms with Gasteiger partial charge in [0.25, 0.3) is 5.69 Å². The average molecular weight is 313 g/mol. The van der Waals surface area contributed by atoms with Crippen LogP contribution in [-0.4, -0.2) is 17.5 Å².